The highest BCUT2D eigenvalue weighted by molar-refractivity contribution is 7.09. The van der Waals surface area contributed by atoms with Crippen molar-refractivity contribution >= 4 is 23.2 Å². The SMILES string of the molecule is C=CCC(NC(=O)CCc1cccs1)C(=O)O. The molecule has 0 fully saturated rings. The molecule has 1 heterocycles. The van der Waals surface area contributed by atoms with Crippen LogP contribution < -0.4 is 5.32 Å². The number of thiophene rings is 1. The molecule has 0 bridgehead atoms. The minimum atomic E-state index is -1.03. The van der Waals surface area contributed by atoms with Gasteiger partial charge in [0.2, 0.25) is 5.91 Å². The Hall–Kier alpha value is -1.62. The van der Waals surface area contributed by atoms with Gasteiger partial charge in [0.15, 0.2) is 0 Å². The summed E-state index contributed by atoms with van der Waals surface area (Å²) in [6.45, 7) is 3.46. The lowest BCUT2D eigenvalue weighted by Crippen LogP contribution is -2.40. The number of amides is 1. The van der Waals surface area contributed by atoms with Crippen molar-refractivity contribution in [1.29, 1.82) is 0 Å². The Morgan fingerprint density at radius 2 is 2.35 bits per heavy atom. The van der Waals surface area contributed by atoms with Gasteiger partial charge in [-0.25, -0.2) is 4.79 Å². The van der Waals surface area contributed by atoms with Crippen molar-refractivity contribution in [3.63, 3.8) is 0 Å². The van der Waals surface area contributed by atoms with Gasteiger partial charge in [-0.15, -0.1) is 17.9 Å². The smallest absolute Gasteiger partial charge is 0.326 e. The molecule has 4 nitrogen and oxygen atoms in total. The van der Waals surface area contributed by atoms with Gasteiger partial charge in [0, 0.05) is 11.3 Å². The van der Waals surface area contributed by atoms with Crippen molar-refractivity contribution < 1.29 is 14.7 Å². The molecule has 0 aliphatic carbocycles. The van der Waals surface area contributed by atoms with Gasteiger partial charge in [0.05, 0.1) is 0 Å². The first-order valence-corrected chi connectivity index (χ1v) is 6.17. The first kappa shape index (κ1) is 13.4. The predicted octanol–water partition coefficient (Wildman–Crippen LogP) is 1.83. The van der Waals surface area contributed by atoms with E-state index in [1.807, 2.05) is 17.5 Å². The van der Waals surface area contributed by atoms with Crippen molar-refractivity contribution in [3.05, 3.63) is 35.0 Å². The average Bonchev–Trinajstić information content (AvgIpc) is 2.78. The number of carbonyl (C=O) groups is 2. The Balaban J connectivity index is 2.37. The normalized spacial score (nSPS) is 11.8. The summed E-state index contributed by atoms with van der Waals surface area (Å²) in [6.07, 6.45) is 2.67. The molecule has 1 atom stereocenters. The Labute approximate surface area is 104 Å². The second-order valence-corrected chi connectivity index (χ2v) is 4.59. The van der Waals surface area contributed by atoms with E-state index in [1.54, 1.807) is 11.3 Å². The highest BCUT2D eigenvalue weighted by atomic mass is 32.1. The van der Waals surface area contributed by atoms with Crippen molar-refractivity contribution in [1.82, 2.24) is 5.32 Å². The molecule has 0 radical (unpaired) electrons. The lowest BCUT2D eigenvalue weighted by molar-refractivity contribution is -0.141. The summed E-state index contributed by atoms with van der Waals surface area (Å²) in [5, 5.41) is 13.3. The minimum absolute atomic E-state index is 0.236. The largest absolute Gasteiger partial charge is 0.480 e. The molecule has 0 aromatic carbocycles. The Bertz CT molecular complexity index is 386. The van der Waals surface area contributed by atoms with Crippen LogP contribution in [0.1, 0.15) is 17.7 Å². The lowest BCUT2D eigenvalue weighted by Gasteiger charge is -2.12. The molecule has 0 spiro atoms. The molecule has 17 heavy (non-hydrogen) atoms. The van der Waals surface area contributed by atoms with Crippen LogP contribution in [0.2, 0.25) is 0 Å². The highest BCUT2D eigenvalue weighted by Crippen LogP contribution is 2.10. The summed E-state index contributed by atoms with van der Waals surface area (Å²) in [5.74, 6) is -1.28. The quantitative estimate of drug-likeness (QED) is 0.728. The summed E-state index contributed by atoms with van der Waals surface area (Å²) in [5.41, 5.74) is 0. The van der Waals surface area contributed by atoms with Crippen molar-refractivity contribution in [3.8, 4) is 0 Å². The maximum atomic E-state index is 11.5. The van der Waals surface area contributed by atoms with Crippen LogP contribution in [0.4, 0.5) is 0 Å². The molecular formula is C12H15NO3S. The zero-order chi connectivity index (χ0) is 12.7. The zero-order valence-electron chi connectivity index (χ0n) is 9.39. The molecular weight excluding hydrogens is 238 g/mol. The van der Waals surface area contributed by atoms with Gasteiger partial charge in [-0.2, -0.15) is 0 Å². The third kappa shape index (κ3) is 4.82. The third-order valence-electron chi connectivity index (χ3n) is 2.21. The van der Waals surface area contributed by atoms with E-state index < -0.39 is 12.0 Å². The summed E-state index contributed by atoms with van der Waals surface area (Å²) in [4.78, 5) is 23.4. The van der Waals surface area contributed by atoms with E-state index in [0.29, 0.717) is 12.8 Å². The van der Waals surface area contributed by atoms with Gasteiger partial charge in [0.1, 0.15) is 6.04 Å². The average molecular weight is 253 g/mol. The number of hydrogen-bond acceptors (Lipinski definition) is 3. The maximum absolute atomic E-state index is 11.5. The molecule has 5 heteroatoms. The highest BCUT2D eigenvalue weighted by Gasteiger charge is 2.17. The Kier molecular flexibility index (Phi) is 5.42. The van der Waals surface area contributed by atoms with Crippen LogP contribution in [0, 0.1) is 0 Å². The number of aliphatic carboxylic acids is 1. The van der Waals surface area contributed by atoms with Crippen molar-refractivity contribution in [2.24, 2.45) is 0 Å². The molecule has 0 aliphatic rings. The van der Waals surface area contributed by atoms with E-state index in [9.17, 15) is 9.59 Å². The van der Waals surface area contributed by atoms with Gasteiger partial charge in [-0.05, 0) is 24.3 Å². The van der Waals surface area contributed by atoms with Crippen LogP contribution in [0.5, 0.6) is 0 Å². The van der Waals surface area contributed by atoms with Crippen LogP contribution >= 0.6 is 11.3 Å². The second-order valence-electron chi connectivity index (χ2n) is 3.56. The number of carboxylic acids is 1. The molecule has 1 aromatic rings. The first-order chi connectivity index (χ1) is 8.13. The topological polar surface area (TPSA) is 66.4 Å². The molecule has 0 saturated carbocycles. The molecule has 1 amide bonds. The van der Waals surface area contributed by atoms with Crippen molar-refractivity contribution in [2.75, 3.05) is 0 Å². The summed E-state index contributed by atoms with van der Waals surface area (Å²) in [6, 6.07) is 3.01. The number of rotatable bonds is 7. The van der Waals surface area contributed by atoms with Gasteiger partial charge in [0.25, 0.3) is 0 Å². The third-order valence-corrected chi connectivity index (χ3v) is 3.15. The molecule has 0 aliphatic heterocycles. The number of hydrogen-bond donors (Lipinski definition) is 2. The van der Waals surface area contributed by atoms with Crippen LogP contribution in [-0.4, -0.2) is 23.0 Å². The monoisotopic (exact) mass is 253 g/mol. The second kappa shape index (κ2) is 6.85. The predicted molar refractivity (Wildman–Crippen MR) is 67.0 cm³/mol. The Morgan fingerprint density at radius 3 is 2.88 bits per heavy atom. The fraction of sp³-hybridized carbons (Fsp3) is 0.333. The fourth-order valence-electron chi connectivity index (χ4n) is 1.35. The van der Waals surface area contributed by atoms with Gasteiger partial charge < -0.3 is 10.4 Å². The first-order valence-electron chi connectivity index (χ1n) is 5.29. The standard InChI is InChI=1S/C12H15NO3S/c1-2-4-10(12(15)16)13-11(14)7-6-9-5-3-8-17-9/h2-3,5,8,10H,1,4,6-7H2,(H,13,14)(H,15,16). The molecule has 1 rings (SSSR count). The van der Waals surface area contributed by atoms with E-state index in [4.69, 9.17) is 5.11 Å². The van der Waals surface area contributed by atoms with Crippen LogP contribution in [-0.2, 0) is 16.0 Å². The summed E-state index contributed by atoms with van der Waals surface area (Å²) < 4.78 is 0. The van der Waals surface area contributed by atoms with E-state index in [-0.39, 0.29) is 12.3 Å². The summed E-state index contributed by atoms with van der Waals surface area (Å²) >= 11 is 1.59. The summed E-state index contributed by atoms with van der Waals surface area (Å²) in [7, 11) is 0. The van der Waals surface area contributed by atoms with Gasteiger partial charge >= 0.3 is 5.97 Å². The zero-order valence-corrected chi connectivity index (χ0v) is 10.2. The molecule has 92 valence electrons. The number of carboxylic acid groups (broad SMARTS) is 1. The van der Waals surface area contributed by atoms with E-state index in [2.05, 4.69) is 11.9 Å². The molecule has 0 saturated heterocycles. The van der Waals surface area contributed by atoms with E-state index in [1.165, 1.54) is 6.08 Å². The molecule has 1 aromatic heterocycles. The molecule has 1 unspecified atom stereocenters. The lowest BCUT2D eigenvalue weighted by atomic mass is 10.2. The maximum Gasteiger partial charge on any atom is 0.326 e. The van der Waals surface area contributed by atoms with Crippen LogP contribution in [0.25, 0.3) is 0 Å². The van der Waals surface area contributed by atoms with Crippen LogP contribution in [0.15, 0.2) is 30.2 Å². The van der Waals surface area contributed by atoms with Gasteiger partial charge in [-0.3, -0.25) is 4.79 Å². The van der Waals surface area contributed by atoms with E-state index in [0.717, 1.165) is 4.88 Å². The molecule has 2 N–H and O–H groups in total. The van der Waals surface area contributed by atoms with Crippen molar-refractivity contribution in [2.45, 2.75) is 25.3 Å². The number of aryl methyl sites for hydroxylation is 1. The van der Waals surface area contributed by atoms with E-state index >= 15 is 0 Å². The minimum Gasteiger partial charge on any atom is -0.480 e. The van der Waals surface area contributed by atoms with Gasteiger partial charge in [-0.1, -0.05) is 12.1 Å². The van der Waals surface area contributed by atoms with Crippen LogP contribution in [0.3, 0.4) is 0 Å². The Morgan fingerprint density at radius 1 is 1.59 bits per heavy atom. The number of carbonyl (C=O) groups excluding carboxylic acids is 1. The fourth-order valence-corrected chi connectivity index (χ4v) is 2.06. The number of nitrogens with one attached hydrogen (secondary N) is 1.